The fourth-order valence-corrected chi connectivity index (χ4v) is 1.54. The molecule has 0 fully saturated rings. The molecular formula is C13H19BF3O3-. The molecule has 0 aliphatic rings. The van der Waals surface area contributed by atoms with Crippen molar-refractivity contribution < 1.29 is 27.2 Å². The Bertz CT molecular complexity index is 441. The van der Waals surface area contributed by atoms with Crippen molar-refractivity contribution in [1.29, 1.82) is 0 Å². The van der Waals surface area contributed by atoms with Gasteiger partial charge in [-0.2, -0.15) is 0 Å². The third-order valence-corrected chi connectivity index (χ3v) is 2.45. The number of rotatable bonds is 6. The number of methoxy groups -OCH3 is 1. The zero-order chi connectivity index (χ0) is 15.4. The number of benzene rings is 1. The highest BCUT2D eigenvalue weighted by Crippen LogP contribution is 2.22. The summed E-state index contributed by atoms with van der Waals surface area (Å²) in [6.45, 7) is 0.722. The highest BCUT2D eigenvalue weighted by atomic mass is 19.4. The van der Waals surface area contributed by atoms with Crippen molar-refractivity contribution in [2.75, 3.05) is 20.3 Å². The first-order valence-electron chi connectivity index (χ1n) is 6.28. The molecule has 0 saturated heterocycles. The van der Waals surface area contributed by atoms with Crippen LogP contribution in [0.15, 0.2) is 18.2 Å². The van der Waals surface area contributed by atoms with E-state index in [0.717, 1.165) is 6.07 Å². The monoisotopic (exact) mass is 291 g/mol. The number of ether oxygens (including phenoxy) is 3. The molecule has 0 aliphatic carbocycles. The summed E-state index contributed by atoms with van der Waals surface area (Å²) >= 11 is 0. The van der Waals surface area contributed by atoms with Crippen LogP contribution in [0, 0.1) is 0 Å². The fourth-order valence-electron chi connectivity index (χ4n) is 1.54. The Morgan fingerprint density at radius 3 is 2.25 bits per heavy atom. The molecule has 1 rings (SSSR count). The van der Waals surface area contributed by atoms with Crippen molar-refractivity contribution in [1.82, 2.24) is 0 Å². The van der Waals surface area contributed by atoms with Gasteiger partial charge in [0, 0.05) is 0 Å². The molecule has 0 saturated carbocycles. The van der Waals surface area contributed by atoms with E-state index in [1.807, 2.05) is 20.8 Å². The van der Waals surface area contributed by atoms with Crippen molar-refractivity contribution in [2.45, 2.75) is 26.4 Å². The summed E-state index contributed by atoms with van der Waals surface area (Å²) < 4.78 is 54.3. The first-order chi connectivity index (χ1) is 9.13. The lowest BCUT2D eigenvalue weighted by molar-refractivity contribution is -0.0162. The Balaban J connectivity index is 2.74. The summed E-state index contributed by atoms with van der Waals surface area (Å²) in [6, 6.07) is 3.64. The van der Waals surface area contributed by atoms with Gasteiger partial charge < -0.3 is 27.2 Å². The Labute approximate surface area is 117 Å². The van der Waals surface area contributed by atoms with E-state index >= 15 is 0 Å². The molecule has 0 heterocycles. The van der Waals surface area contributed by atoms with Gasteiger partial charge in [0.1, 0.15) is 12.4 Å². The highest BCUT2D eigenvalue weighted by molar-refractivity contribution is 6.74. The molecule has 114 valence electrons. The van der Waals surface area contributed by atoms with Crippen LogP contribution in [-0.2, 0) is 4.74 Å². The molecular weight excluding hydrogens is 272 g/mol. The molecule has 1 aromatic rings. The summed E-state index contributed by atoms with van der Waals surface area (Å²) in [5.41, 5.74) is -1.14. The van der Waals surface area contributed by atoms with E-state index in [1.54, 1.807) is 0 Å². The zero-order valence-electron chi connectivity index (χ0n) is 12.1. The van der Waals surface area contributed by atoms with Gasteiger partial charge in [-0.3, -0.25) is 0 Å². The predicted octanol–water partition coefficient (Wildman–Crippen LogP) is 2.94. The molecule has 0 atom stereocenters. The van der Waals surface area contributed by atoms with Crippen LogP contribution in [0.5, 0.6) is 11.5 Å². The third kappa shape index (κ3) is 5.32. The topological polar surface area (TPSA) is 27.7 Å². The molecule has 0 unspecified atom stereocenters. The Morgan fingerprint density at radius 1 is 1.10 bits per heavy atom. The number of hydrogen-bond acceptors (Lipinski definition) is 3. The average molecular weight is 291 g/mol. The summed E-state index contributed by atoms with van der Waals surface area (Å²) in [4.78, 5) is 0. The Hall–Kier alpha value is -1.37. The Morgan fingerprint density at radius 2 is 1.75 bits per heavy atom. The molecule has 20 heavy (non-hydrogen) atoms. The van der Waals surface area contributed by atoms with Crippen LogP contribution in [0.25, 0.3) is 0 Å². The second kappa shape index (κ2) is 6.39. The summed E-state index contributed by atoms with van der Waals surface area (Å²) in [5, 5.41) is 0. The minimum Gasteiger partial charge on any atom is -0.497 e. The molecule has 0 spiro atoms. The standard InChI is InChI=1S/C13H19BF3O3/c1-13(2,3)20-8-7-19-12-6-5-10(18-4)9-11(12)14(15,16)17/h5-6,9H,7-8H2,1-4H3/q-1. The van der Waals surface area contributed by atoms with Crippen LogP contribution >= 0.6 is 0 Å². The highest BCUT2D eigenvalue weighted by Gasteiger charge is 2.30. The van der Waals surface area contributed by atoms with Gasteiger partial charge in [0.2, 0.25) is 0 Å². The van der Waals surface area contributed by atoms with Crippen molar-refractivity contribution in [3.8, 4) is 11.5 Å². The lowest BCUT2D eigenvalue weighted by Gasteiger charge is -2.22. The van der Waals surface area contributed by atoms with Crippen LogP contribution in [0.4, 0.5) is 12.9 Å². The maximum atomic E-state index is 13.0. The fraction of sp³-hybridized carbons (Fsp3) is 0.538. The van der Waals surface area contributed by atoms with E-state index in [9.17, 15) is 12.9 Å². The van der Waals surface area contributed by atoms with E-state index in [-0.39, 0.29) is 30.3 Å². The normalized spacial score (nSPS) is 12.3. The number of halogens is 3. The molecule has 0 N–H and O–H groups in total. The molecule has 3 nitrogen and oxygen atoms in total. The molecule has 7 heteroatoms. The van der Waals surface area contributed by atoms with E-state index < -0.39 is 12.4 Å². The summed E-state index contributed by atoms with van der Waals surface area (Å²) in [5.74, 6) is -0.0479. The minimum atomic E-state index is -5.16. The Kier molecular flexibility index (Phi) is 5.33. The third-order valence-electron chi connectivity index (χ3n) is 2.45. The quantitative estimate of drug-likeness (QED) is 0.596. The minimum absolute atomic E-state index is 0.0583. The first-order valence-corrected chi connectivity index (χ1v) is 6.28. The molecule has 0 bridgehead atoms. The van der Waals surface area contributed by atoms with Crippen LogP contribution in [-0.4, -0.2) is 32.9 Å². The number of hydrogen-bond donors (Lipinski definition) is 0. The van der Waals surface area contributed by atoms with Gasteiger partial charge >= 0.3 is 6.98 Å². The van der Waals surface area contributed by atoms with Gasteiger partial charge in [-0.1, -0.05) is 5.46 Å². The summed E-state index contributed by atoms with van der Waals surface area (Å²) in [7, 11) is 1.32. The smallest absolute Gasteiger partial charge is 0.497 e. The van der Waals surface area contributed by atoms with Crippen LogP contribution in [0.2, 0.25) is 0 Å². The van der Waals surface area contributed by atoms with Crippen molar-refractivity contribution in [2.24, 2.45) is 0 Å². The second-order valence-corrected chi connectivity index (χ2v) is 5.29. The van der Waals surface area contributed by atoms with Crippen molar-refractivity contribution in [3.05, 3.63) is 18.2 Å². The maximum Gasteiger partial charge on any atom is 0.513 e. The SMILES string of the molecule is COc1ccc(OCCOC(C)(C)C)c([B-](F)(F)F)c1. The average Bonchev–Trinajstić information content (AvgIpc) is 2.32. The largest absolute Gasteiger partial charge is 0.513 e. The predicted molar refractivity (Wildman–Crippen MR) is 72.9 cm³/mol. The summed E-state index contributed by atoms with van der Waals surface area (Å²) in [6.07, 6.45) is 0. The molecule has 1 aromatic carbocycles. The van der Waals surface area contributed by atoms with E-state index in [4.69, 9.17) is 14.2 Å². The van der Waals surface area contributed by atoms with E-state index in [1.165, 1.54) is 19.2 Å². The van der Waals surface area contributed by atoms with Gasteiger partial charge in [0.05, 0.1) is 25.1 Å². The maximum absolute atomic E-state index is 13.0. The molecule has 0 radical (unpaired) electrons. The van der Waals surface area contributed by atoms with Gasteiger partial charge in [-0.25, -0.2) is 0 Å². The molecule has 0 aliphatic heterocycles. The lowest BCUT2D eigenvalue weighted by Crippen LogP contribution is -2.36. The van der Waals surface area contributed by atoms with E-state index in [2.05, 4.69) is 0 Å². The van der Waals surface area contributed by atoms with Crippen molar-refractivity contribution in [3.63, 3.8) is 0 Å². The molecule has 0 amide bonds. The van der Waals surface area contributed by atoms with Crippen LogP contribution < -0.4 is 14.9 Å². The van der Waals surface area contributed by atoms with Gasteiger partial charge in [-0.05, 0) is 39.0 Å². The van der Waals surface area contributed by atoms with Gasteiger partial charge in [0.15, 0.2) is 0 Å². The van der Waals surface area contributed by atoms with Gasteiger partial charge in [0.25, 0.3) is 0 Å². The van der Waals surface area contributed by atoms with Crippen LogP contribution in [0.3, 0.4) is 0 Å². The zero-order valence-corrected chi connectivity index (χ0v) is 12.1. The van der Waals surface area contributed by atoms with Crippen LogP contribution in [0.1, 0.15) is 20.8 Å². The molecule has 0 aromatic heterocycles. The van der Waals surface area contributed by atoms with E-state index in [0.29, 0.717) is 0 Å². The second-order valence-electron chi connectivity index (χ2n) is 5.29. The lowest BCUT2D eigenvalue weighted by atomic mass is 9.79. The first kappa shape index (κ1) is 16.7. The van der Waals surface area contributed by atoms with Gasteiger partial charge in [-0.15, -0.1) is 0 Å². The van der Waals surface area contributed by atoms with Crippen molar-refractivity contribution >= 4 is 12.4 Å².